The first-order valence-corrected chi connectivity index (χ1v) is 4.76. The van der Waals surface area contributed by atoms with Crippen molar-refractivity contribution in [3.05, 3.63) is 41.5 Å². The number of H-pyrrole nitrogens is 1. The molecule has 0 spiro atoms. The highest BCUT2D eigenvalue weighted by atomic mass is 15.3. The van der Waals surface area contributed by atoms with Gasteiger partial charge in [0.2, 0.25) is 0 Å². The van der Waals surface area contributed by atoms with Crippen LogP contribution < -0.4 is 5.32 Å². The molecule has 5 heteroatoms. The molecule has 0 aliphatic rings. The second-order valence-corrected chi connectivity index (χ2v) is 3.35. The number of hydrogen-bond donors (Lipinski definition) is 2. The lowest BCUT2D eigenvalue weighted by atomic mass is 10.0. The molecule has 1 unspecified atom stereocenters. The maximum atomic E-state index is 4.13. The van der Waals surface area contributed by atoms with Crippen LogP contribution in [0.5, 0.6) is 0 Å². The summed E-state index contributed by atoms with van der Waals surface area (Å²) >= 11 is 0. The Bertz CT molecular complexity index is 423. The van der Waals surface area contributed by atoms with Crippen LogP contribution in [-0.2, 0) is 0 Å². The number of aromatic amines is 1. The standard InChI is InChI=1S/C10H13N5/c1-7-3-4-12-5-8(7)10(11-2)9-6-13-15-14-9/h3-6,10-11H,1-2H3,(H,13,14,15). The average Bonchev–Trinajstić information content (AvgIpc) is 2.75. The second-order valence-electron chi connectivity index (χ2n) is 3.35. The fourth-order valence-corrected chi connectivity index (χ4v) is 1.59. The Morgan fingerprint density at radius 2 is 2.27 bits per heavy atom. The third-order valence-electron chi connectivity index (χ3n) is 2.41. The van der Waals surface area contributed by atoms with Gasteiger partial charge in [0.15, 0.2) is 0 Å². The van der Waals surface area contributed by atoms with E-state index in [9.17, 15) is 0 Å². The van der Waals surface area contributed by atoms with E-state index in [1.807, 2.05) is 19.3 Å². The summed E-state index contributed by atoms with van der Waals surface area (Å²) in [6, 6.07) is 2.03. The van der Waals surface area contributed by atoms with Crippen LogP contribution in [-0.4, -0.2) is 27.4 Å². The van der Waals surface area contributed by atoms with Crippen LogP contribution in [0.15, 0.2) is 24.7 Å². The molecule has 0 saturated carbocycles. The van der Waals surface area contributed by atoms with Crippen molar-refractivity contribution < 1.29 is 0 Å². The molecule has 0 fully saturated rings. The molecule has 0 aliphatic heterocycles. The zero-order valence-corrected chi connectivity index (χ0v) is 8.73. The molecule has 2 aromatic rings. The van der Waals surface area contributed by atoms with E-state index in [2.05, 4.69) is 32.6 Å². The molecule has 2 N–H and O–H groups in total. The molecule has 2 heterocycles. The van der Waals surface area contributed by atoms with Gasteiger partial charge in [-0.2, -0.15) is 15.4 Å². The van der Waals surface area contributed by atoms with Gasteiger partial charge in [0, 0.05) is 12.4 Å². The van der Waals surface area contributed by atoms with Crippen molar-refractivity contribution in [2.24, 2.45) is 0 Å². The molecule has 0 bridgehead atoms. The summed E-state index contributed by atoms with van der Waals surface area (Å²) in [6.07, 6.45) is 5.35. The van der Waals surface area contributed by atoms with Gasteiger partial charge in [0.05, 0.1) is 12.2 Å². The number of aryl methyl sites for hydroxylation is 1. The van der Waals surface area contributed by atoms with Gasteiger partial charge in [-0.15, -0.1) is 0 Å². The summed E-state index contributed by atoms with van der Waals surface area (Å²) in [5.41, 5.74) is 3.18. The summed E-state index contributed by atoms with van der Waals surface area (Å²) in [5.74, 6) is 0. The fraction of sp³-hybridized carbons (Fsp3) is 0.300. The summed E-state index contributed by atoms with van der Waals surface area (Å²) in [7, 11) is 1.89. The molecule has 0 amide bonds. The lowest BCUT2D eigenvalue weighted by Crippen LogP contribution is -2.19. The molecule has 15 heavy (non-hydrogen) atoms. The third-order valence-corrected chi connectivity index (χ3v) is 2.41. The molecule has 78 valence electrons. The summed E-state index contributed by atoms with van der Waals surface area (Å²) in [4.78, 5) is 4.13. The molecule has 1 atom stereocenters. The minimum Gasteiger partial charge on any atom is -0.308 e. The van der Waals surface area contributed by atoms with Crippen molar-refractivity contribution in [1.29, 1.82) is 0 Å². The number of rotatable bonds is 3. The number of pyridine rings is 1. The van der Waals surface area contributed by atoms with Gasteiger partial charge in [0.1, 0.15) is 5.69 Å². The lowest BCUT2D eigenvalue weighted by molar-refractivity contribution is 0.660. The van der Waals surface area contributed by atoms with Crippen molar-refractivity contribution in [2.75, 3.05) is 7.05 Å². The number of hydrogen-bond acceptors (Lipinski definition) is 4. The van der Waals surface area contributed by atoms with Crippen LogP contribution in [0.3, 0.4) is 0 Å². The van der Waals surface area contributed by atoms with Gasteiger partial charge < -0.3 is 5.32 Å². The van der Waals surface area contributed by atoms with E-state index in [1.54, 1.807) is 12.4 Å². The van der Waals surface area contributed by atoms with Crippen molar-refractivity contribution in [1.82, 2.24) is 25.7 Å². The number of nitrogens with zero attached hydrogens (tertiary/aromatic N) is 3. The topological polar surface area (TPSA) is 66.5 Å². The van der Waals surface area contributed by atoms with Crippen LogP contribution in [0.2, 0.25) is 0 Å². The number of nitrogens with one attached hydrogen (secondary N) is 2. The second kappa shape index (κ2) is 4.18. The van der Waals surface area contributed by atoms with Crippen molar-refractivity contribution in [2.45, 2.75) is 13.0 Å². The summed E-state index contributed by atoms with van der Waals surface area (Å²) in [6.45, 7) is 2.06. The van der Waals surface area contributed by atoms with E-state index in [4.69, 9.17) is 0 Å². The van der Waals surface area contributed by atoms with Crippen LogP contribution in [0, 0.1) is 6.92 Å². The summed E-state index contributed by atoms with van der Waals surface area (Å²) < 4.78 is 0. The smallest absolute Gasteiger partial charge is 0.104 e. The fourth-order valence-electron chi connectivity index (χ4n) is 1.59. The van der Waals surface area contributed by atoms with Crippen LogP contribution in [0.25, 0.3) is 0 Å². The Hall–Kier alpha value is -1.75. The third kappa shape index (κ3) is 1.87. The maximum Gasteiger partial charge on any atom is 0.104 e. The van der Waals surface area contributed by atoms with E-state index >= 15 is 0 Å². The molecule has 2 rings (SSSR count). The van der Waals surface area contributed by atoms with Gasteiger partial charge in [-0.3, -0.25) is 4.98 Å². The van der Waals surface area contributed by atoms with Crippen LogP contribution in [0.4, 0.5) is 0 Å². The molecule has 0 saturated heterocycles. The summed E-state index contributed by atoms with van der Waals surface area (Å²) in [5, 5.41) is 13.7. The molecule has 0 radical (unpaired) electrons. The Balaban J connectivity index is 2.40. The van der Waals surface area contributed by atoms with Crippen molar-refractivity contribution in [3.63, 3.8) is 0 Å². The Morgan fingerprint density at radius 3 is 2.87 bits per heavy atom. The molecule has 0 aromatic carbocycles. The molecule has 0 aliphatic carbocycles. The highest BCUT2D eigenvalue weighted by Gasteiger charge is 2.16. The Morgan fingerprint density at radius 1 is 1.40 bits per heavy atom. The van der Waals surface area contributed by atoms with E-state index in [1.165, 1.54) is 5.56 Å². The molecular weight excluding hydrogens is 190 g/mol. The minimum absolute atomic E-state index is 0.0393. The van der Waals surface area contributed by atoms with E-state index in [0.29, 0.717) is 0 Å². The van der Waals surface area contributed by atoms with Gasteiger partial charge in [0.25, 0.3) is 0 Å². The highest BCUT2D eigenvalue weighted by molar-refractivity contribution is 5.30. The van der Waals surface area contributed by atoms with Crippen molar-refractivity contribution in [3.8, 4) is 0 Å². The predicted molar refractivity (Wildman–Crippen MR) is 56.3 cm³/mol. The van der Waals surface area contributed by atoms with E-state index in [-0.39, 0.29) is 6.04 Å². The average molecular weight is 203 g/mol. The molecule has 2 aromatic heterocycles. The monoisotopic (exact) mass is 203 g/mol. The Labute approximate surface area is 87.9 Å². The molecule has 5 nitrogen and oxygen atoms in total. The first-order valence-electron chi connectivity index (χ1n) is 4.76. The highest BCUT2D eigenvalue weighted by Crippen LogP contribution is 2.20. The van der Waals surface area contributed by atoms with Gasteiger partial charge in [-0.05, 0) is 31.2 Å². The zero-order valence-electron chi connectivity index (χ0n) is 8.73. The van der Waals surface area contributed by atoms with E-state index in [0.717, 1.165) is 11.3 Å². The van der Waals surface area contributed by atoms with Gasteiger partial charge >= 0.3 is 0 Å². The maximum absolute atomic E-state index is 4.13. The van der Waals surface area contributed by atoms with Crippen molar-refractivity contribution >= 4 is 0 Å². The Kier molecular flexibility index (Phi) is 2.73. The zero-order chi connectivity index (χ0) is 10.7. The first kappa shape index (κ1) is 9.79. The minimum atomic E-state index is 0.0393. The van der Waals surface area contributed by atoms with Crippen LogP contribution >= 0.6 is 0 Å². The quantitative estimate of drug-likeness (QED) is 0.775. The largest absolute Gasteiger partial charge is 0.308 e. The van der Waals surface area contributed by atoms with Gasteiger partial charge in [-0.25, -0.2) is 0 Å². The lowest BCUT2D eigenvalue weighted by Gasteiger charge is -2.15. The van der Waals surface area contributed by atoms with Crippen LogP contribution in [0.1, 0.15) is 22.9 Å². The normalized spacial score (nSPS) is 12.7. The molecular formula is C10H13N5. The first-order chi connectivity index (χ1) is 7.33. The van der Waals surface area contributed by atoms with Gasteiger partial charge in [-0.1, -0.05) is 0 Å². The SMILES string of the molecule is CNC(c1cn[nH]n1)c1cnccc1C. The number of aromatic nitrogens is 4. The predicted octanol–water partition coefficient (Wildman–Crippen LogP) is 0.817. The van der Waals surface area contributed by atoms with E-state index < -0.39 is 0 Å².